The Hall–Kier alpha value is -2.88. The molecule has 0 bridgehead atoms. The molecule has 6 nitrogen and oxygen atoms in total. The molecule has 1 aliphatic carbocycles. The lowest BCUT2D eigenvalue weighted by molar-refractivity contribution is -0.142. The van der Waals surface area contributed by atoms with E-state index in [1.165, 1.54) is 26.0 Å². The van der Waals surface area contributed by atoms with E-state index in [4.69, 9.17) is 19.3 Å². The van der Waals surface area contributed by atoms with Crippen molar-refractivity contribution >= 4 is 11.5 Å². The highest BCUT2D eigenvalue weighted by atomic mass is 19.1. The van der Waals surface area contributed by atoms with Gasteiger partial charge in [-0.25, -0.2) is 18.0 Å². The maximum atomic E-state index is 15.7. The van der Waals surface area contributed by atoms with Gasteiger partial charge in [-0.3, -0.25) is 4.90 Å². The molecule has 4 rings (SSSR count). The minimum absolute atomic E-state index is 0.0434. The third-order valence-electron chi connectivity index (χ3n) is 7.02. The second-order valence-electron chi connectivity index (χ2n) is 10.7. The van der Waals surface area contributed by atoms with E-state index in [0.29, 0.717) is 25.9 Å². The second kappa shape index (κ2) is 12.5. The largest absolute Gasteiger partial charge is 0.491 e. The molecule has 0 saturated carbocycles. The smallest absolute Gasteiger partial charge is 0.329 e. The van der Waals surface area contributed by atoms with Crippen molar-refractivity contribution in [3.05, 3.63) is 70.3 Å². The summed E-state index contributed by atoms with van der Waals surface area (Å²) >= 11 is 0. The van der Waals surface area contributed by atoms with Gasteiger partial charge in [0.1, 0.15) is 36.3 Å². The maximum Gasteiger partial charge on any atom is 0.329 e. The number of nitrogens with zero attached hydrogens (tertiary/aromatic N) is 1. The molecule has 39 heavy (non-hydrogen) atoms. The lowest BCUT2D eigenvalue weighted by Gasteiger charge is -2.44. The van der Waals surface area contributed by atoms with Crippen LogP contribution in [0.1, 0.15) is 56.3 Å². The Morgan fingerprint density at radius 2 is 1.77 bits per heavy atom. The Morgan fingerprint density at radius 1 is 1.08 bits per heavy atom. The normalized spacial score (nSPS) is 19.2. The van der Waals surface area contributed by atoms with Crippen LogP contribution in [0.25, 0.3) is 5.57 Å². The second-order valence-corrected chi connectivity index (χ2v) is 10.7. The van der Waals surface area contributed by atoms with Gasteiger partial charge >= 0.3 is 5.97 Å². The van der Waals surface area contributed by atoms with E-state index in [2.05, 4.69) is 0 Å². The van der Waals surface area contributed by atoms with Crippen LogP contribution in [-0.4, -0.2) is 67.3 Å². The van der Waals surface area contributed by atoms with E-state index in [0.717, 1.165) is 22.3 Å². The van der Waals surface area contributed by atoms with Gasteiger partial charge in [-0.2, -0.15) is 0 Å². The van der Waals surface area contributed by atoms with E-state index >= 15 is 8.78 Å². The van der Waals surface area contributed by atoms with Crippen LogP contribution in [0.5, 0.6) is 5.75 Å². The zero-order valence-corrected chi connectivity index (χ0v) is 22.6. The minimum atomic E-state index is -1.55. The number of carboxylic acid groups (broad SMARTS) is 1. The Balaban J connectivity index is 1.48. The number of hydrogen-bond donors (Lipinski definition) is 1. The summed E-state index contributed by atoms with van der Waals surface area (Å²) in [6.45, 7) is 5.51. The molecule has 0 radical (unpaired) electrons. The number of aliphatic carboxylic acids is 1. The highest BCUT2D eigenvalue weighted by molar-refractivity contribution is 5.79. The fourth-order valence-electron chi connectivity index (χ4n) is 5.49. The Bertz CT molecular complexity index is 1190. The Kier molecular flexibility index (Phi) is 9.35. The number of alkyl halides is 1. The van der Waals surface area contributed by atoms with Gasteiger partial charge in [0.15, 0.2) is 0 Å². The predicted octanol–water partition coefficient (Wildman–Crippen LogP) is 5.74. The quantitative estimate of drug-likeness (QED) is 0.323. The molecule has 1 heterocycles. The van der Waals surface area contributed by atoms with Crippen molar-refractivity contribution in [3.8, 4) is 5.75 Å². The van der Waals surface area contributed by atoms with Gasteiger partial charge in [-0.15, -0.1) is 0 Å². The van der Waals surface area contributed by atoms with Crippen molar-refractivity contribution < 1.29 is 37.3 Å². The van der Waals surface area contributed by atoms with Crippen molar-refractivity contribution in [2.45, 2.75) is 57.8 Å². The van der Waals surface area contributed by atoms with Crippen LogP contribution in [0.2, 0.25) is 0 Å². The molecule has 2 aliphatic rings. The van der Waals surface area contributed by atoms with Crippen molar-refractivity contribution in [1.29, 1.82) is 0 Å². The number of hydrogen-bond acceptors (Lipinski definition) is 5. The molecule has 0 aromatic heterocycles. The van der Waals surface area contributed by atoms with E-state index in [-0.39, 0.29) is 50.3 Å². The van der Waals surface area contributed by atoms with Gasteiger partial charge in [-0.05, 0) is 62.3 Å². The number of rotatable bonds is 13. The molecule has 0 saturated heterocycles. The summed E-state index contributed by atoms with van der Waals surface area (Å²) in [4.78, 5) is 12.3. The van der Waals surface area contributed by atoms with Crippen LogP contribution in [0.3, 0.4) is 0 Å². The van der Waals surface area contributed by atoms with Crippen molar-refractivity contribution in [2.75, 3.05) is 39.6 Å². The van der Waals surface area contributed by atoms with E-state index in [1.807, 2.05) is 36.1 Å². The van der Waals surface area contributed by atoms with E-state index in [1.54, 1.807) is 0 Å². The summed E-state index contributed by atoms with van der Waals surface area (Å²) in [5, 5.41) is 8.53. The third kappa shape index (κ3) is 7.21. The summed E-state index contributed by atoms with van der Waals surface area (Å²) in [6.07, 6.45) is 1.77. The first-order valence-corrected chi connectivity index (χ1v) is 13.3. The van der Waals surface area contributed by atoms with Crippen molar-refractivity contribution in [1.82, 2.24) is 4.90 Å². The number of carboxylic acids is 1. The molecule has 2 aromatic carbocycles. The third-order valence-corrected chi connectivity index (χ3v) is 7.02. The van der Waals surface area contributed by atoms with E-state index < -0.39 is 29.3 Å². The molecule has 1 N–H and O–H groups in total. The SMILES string of the molecule is C[C@@H]1CC2=C(Cc3ccccc32)[C@@H](c2c(F)cc(OCCOCCCOCC(=O)O)cc2F)N1CC(C)(C)F. The molecule has 9 heteroatoms. The van der Waals surface area contributed by atoms with E-state index in [9.17, 15) is 9.18 Å². The Labute approximate surface area is 227 Å². The summed E-state index contributed by atoms with van der Waals surface area (Å²) in [7, 11) is 0. The van der Waals surface area contributed by atoms with Gasteiger partial charge in [0.25, 0.3) is 0 Å². The van der Waals surface area contributed by atoms with Gasteiger partial charge < -0.3 is 19.3 Å². The van der Waals surface area contributed by atoms with Crippen LogP contribution < -0.4 is 4.74 Å². The first-order valence-electron chi connectivity index (χ1n) is 13.3. The molecular weight excluding hydrogens is 511 g/mol. The van der Waals surface area contributed by atoms with Crippen molar-refractivity contribution in [3.63, 3.8) is 0 Å². The molecular formula is C30H36F3NO5. The molecule has 0 unspecified atom stereocenters. The average Bonchev–Trinajstić information content (AvgIpc) is 3.21. The Morgan fingerprint density at radius 3 is 2.46 bits per heavy atom. The monoisotopic (exact) mass is 547 g/mol. The highest BCUT2D eigenvalue weighted by Gasteiger charge is 2.42. The molecule has 0 amide bonds. The summed E-state index contributed by atoms with van der Waals surface area (Å²) in [5.74, 6) is -2.44. The molecule has 1 aliphatic heterocycles. The average molecular weight is 548 g/mol. The summed E-state index contributed by atoms with van der Waals surface area (Å²) < 4.78 is 62.1. The minimum Gasteiger partial charge on any atom is -0.491 e. The van der Waals surface area contributed by atoms with Gasteiger partial charge in [0.2, 0.25) is 0 Å². The van der Waals surface area contributed by atoms with Crippen LogP contribution in [0.4, 0.5) is 13.2 Å². The van der Waals surface area contributed by atoms with Gasteiger partial charge in [-0.1, -0.05) is 24.3 Å². The fraction of sp³-hybridized carbons (Fsp3) is 0.500. The van der Waals surface area contributed by atoms with Crippen LogP contribution in [-0.2, 0) is 20.7 Å². The molecule has 0 spiro atoms. The van der Waals surface area contributed by atoms with Crippen LogP contribution in [0.15, 0.2) is 42.0 Å². The molecule has 212 valence electrons. The first kappa shape index (κ1) is 29.1. The lowest BCUT2D eigenvalue weighted by Crippen LogP contribution is -2.47. The molecule has 0 fully saturated rings. The summed E-state index contributed by atoms with van der Waals surface area (Å²) in [6, 6.07) is 9.52. The predicted molar refractivity (Wildman–Crippen MR) is 142 cm³/mol. The van der Waals surface area contributed by atoms with Crippen molar-refractivity contribution in [2.24, 2.45) is 0 Å². The van der Waals surface area contributed by atoms with Gasteiger partial charge in [0, 0.05) is 43.5 Å². The molecule has 2 atom stereocenters. The standard InChI is InChI=1S/C30H36F3NO5/c1-19-13-23-22-8-5-4-7-20(22)14-24(23)29(34(19)18-30(2,3)33)28-25(31)15-21(16-26(28)32)39-12-11-37-9-6-10-38-17-27(35)36/h4-5,7-8,15-16,19,29H,6,9-14,17-18H2,1-3H3,(H,35,36)/t19-,29+/m1/s1. The van der Waals surface area contributed by atoms with Gasteiger partial charge in [0.05, 0.1) is 12.6 Å². The lowest BCUT2D eigenvalue weighted by atomic mass is 9.84. The number of halogens is 3. The molecule has 2 aromatic rings. The first-order chi connectivity index (χ1) is 18.5. The number of benzene rings is 2. The van der Waals surface area contributed by atoms with Crippen LogP contribution >= 0.6 is 0 Å². The zero-order chi connectivity index (χ0) is 28.2. The van der Waals surface area contributed by atoms with Crippen LogP contribution in [0, 0.1) is 11.6 Å². The highest BCUT2D eigenvalue weighted by Crippen LogP contribution is 2.50. The maximum absolute atomic E-state index is 15.7. The number of ether oxygens (including phenoxy) is 3. The topological polar surface area (TPSA) is 68.2 Å². The zero-order valence-electron chi connectivity index (χ0n) is 22.6. The fourth-order valence-corrected chi connectivity index (χ4v) is 5.49. The number of fused-ring (bicyclic) bond motifs is 2. The summed E-state index contributed by atoms with van der Waals surface area (Å²) in [5.41, 5.74) is 2.62. The number of carbonyl (C=O) groups is 1.